The number of carboxylic acids is 1. The Hall–Kier alpha value is -1.46. The van der Waals surface area contributed by atoms with Gasteiger partial charge in [0, 0.05) is 0 Å². The molecule has 1 N–H and O–H groups in total. The molecule has 1 rings (SSSR count). The maximum Gasteiger partial charge on any atom is 0.328 e. The van der Waals surface area contributed by atoms with E-state index in [0.717, 1.165) is 0 Å². The maximum absolute atomic E-state index is 11.0. The van der Waals surface area contributed by atoms with Crippen LogP contribution in [0.2, 0.25) is 0 Å². The van der Waals surface area contributed by atoms with Gasteiger partial charge in [-0.25, -0.2) is 9.48 Å². The molecule has 0 saturated heterocycles. The second-order valence-electron chi connectivity index (χ2n) is 3.65. The minimum absolute atomic E-state index is 0.291. The predicted octanol–water partition coefficient (Wildman–Crippen LogP) is 0.653. The van der Waals surface area contributed by atoms with E-state index >= 15 is 0 Å². The van der Waals surface area contributed by atoms with Gasteiger partial charge in [0.2, 0.25) is 0 Å². The molecule has 6 nitrogen and oxygen atoms in total. The molecule has 0 aliphatic carbocycles. The van der Waals surface area contributed by atoms with E-state index in [2.05, 4.69) is 15.5 Å². The molecule has 0 unspecified atom stereocenters. The van der Waals surface area contributed by atoms with Gasteiger partial charge in [-0.2, -0.15) is 0 Å². The molecule has 0 aliphatic rings. The van der Waals surface area contributed by atoms with Gasteiger partial charge < -0.3 is 5.11 Å². The van der Waals surface area contributed by atoms with E-state index in [1.165, 1.54) is 4.68 Å². The summed E-state index contributed by atoms with van der Waals surface area (Å²) >= 11 is 0. The predicted molar refractivity (Wildman–Crippen MR) is 48.7 cm³/mol. The Balaban J connectivity index is 2.89. The van der Waals surface area contributed by atoms with Gasteiger partial charge in [-0.15, -0.1) is 5.10 Å². The molecule has 14 heavy (non-hydrogen) atoms. The fourth-order valence-corrected chi connectivity index (χ4v) is 1.28. The van der Waals surface area contributed by atoms with E-state index in [4.69, 9.17) is 5.11 Å². The number of aliphatic carboxylic acids is 1. The van der Waals surface area contributed by atoms with Gasteiger partial charge in [-0.1, -0.05) is 13.8 Å². The first kappa shape index (κ1) is 10.6. The lowest BCUT2D eigenvalue weighted by atomic mass is 10.0. The molecule has 0 spiro atoms. The molecule has 6 heteroatoms. The Labute approximate surface area is 81.9 Å². The standard InChI is InChI=1S/C8H14N4O2/c1-5(2)4-7(8(13)14)12-6(3)9-10-11-12/h5,7H,4H2,1-3H3,(H,13,14)/t7-/m0/s1. The number of carbonyl (C=O) groups is 1. The molecule has 0 bridgehead atoms. The summed E-state index contributed by atoms with van der Waals surface area (Å²) in [5.74, 6) is -0.0770. The Morgan fingerprint density at radius 1 is 1.57 bits per heavy atom. The summed E-state index contributed by atoms with van der Waals surface area (Å²) in [5, 5.41) is 19.8. The third kappa shape index (κ3) is 2.27. The van der Waals surface area contributed by atoms with Crippen LogP contribution >= 0.6 is 0 Å². The van der Waals surface area contributed by atoms with Crippen LogP contribution in [0, 0.1) is 12.8 Å². The lowest BCUT2D eigenvalue weighted by Gasteiger charge is -2.14. The minimum Gasteiger partial charge on any atom is -0.480 e. The summed E-state index contributed by atoms with van der Waals surface area (Å²) in [4.78, 5) is 11.0. The molecule has 0 saturated carbocycles. The molecule has 1 heterocycles. The molecule has 1 aromatic heterocycles. The summed E-state index contributed by atoms with van der Waals surface area (Å²) < 4.78 is 1.35. The van der Waals surface area contributed by atoms with Gasteiger partial charge >= 0.3 is 5.97 Å². The molecular weight excluding hydrogens is 184 g/mol. The Bertz CT molecular complexity index is 321. The SMILES string of the molecule is Cc1nnnn1[C@@H](CC(C)C)C(=O)O. The second-order valence-corrected chi connectivity index (χ2v) is 3.65. The highest BCUT2D eigenvalue weighted by Crippen LogP contribution is 2.17. The Kier molecular flexibility index (Phi) is 3.16. The number of aromatic nitrogens is 4. The number of tetrazole rings is 1. The molecule has 0 aromatic carbocycles. The number of aryl methyl sites for hydroxylation is 1. The average molecular weight is 198 g/mol. The molecule has 0 aliphatic heterocycles. The lowest BCUT2D eigenvalue weighted by molar-refractivity contribution is -0.141. The maximum atomic E-state index is 11.0. The van der Waals surface area contributed by atoms with Gasteiger partial charge in [-0.3, -0.25) is 0 Å². The third-order valence-corrected chi connectivity index (χ3v) is 1.93. The monoisotopic (exact) mass is 198 g/mol. The van der Waals surface area contributed by atoms with E-state index in [0.29, 0.717) is 18.2 Å². The van der Waals surface area contributed by atoms with Crippen LogP contribution in [-0.4, -0.2) is 31.3 Å². The topological polar surface area (TPSA) is 80.9 Å². The highest BCUT2D eigenvalue weighted by atomic mass is 16.4. The number of rotatable bonds is 4. The number of hydrogen-bond donors (Lipinski definition) is 1. The highest BCUT2D eigenvalue weighted by molar-refractivity contribution is 5.71. The van der Waals surface area contributed by atoms with Gasteiger partial charge in [-0.05, 0) is 29.7 Å². The largest absolute Gasteiger partial charge is 0.480 e. The first-order chi connectivity index (χ1) is 6.52. The zero-order valence-electron chi connectivity index (χ0n) is 8.51. The number of nitrogens with zero attached hydrogens (tertiary/aromatic N) is 4. The number of hydrogen-bond acceptors (Lipinski definition) is 4. The van der Waals surface area contributed by atoms with Crippen LogP contribution in [0.1, 0.15) is 32.1 Å². The molecule has 0 amide bonds. The van der Waals surface area contributed by atoms with Crippen molar-refractivity contribution in [3.05, 3.63) is 5.82 Å². The fourth-order valence-electron chi connectivity index (χ4n) is 1.28. The molecule has 1 atom stereocenters. The van der Waals surface area contributed by atoms with Crippen molar-refractivity contribution < 1.29 is 9.90 Å². The molecule has 0 fully saturated rings. The zero-order chi connectivity index (χ0) is 10.7. The first-order valence-electron chi connectivity index (χ1n) is 4.49. The van der Waals surface area contributed by atoms with Crippen molar-refractivity contribution in [1.29, 1.82) is 0 Å². The Morgan fingerprint density at radius 3 is 2.57 bits per heavy atom. The summed E-state index contributed by atoms with van der Waals surface area (Å²) in [5.41, 5.74) is 0. The van der Waals surface area contributed by atoms with Crippen molar-refractivity contribution in [3.8, 4) is 0 Å². The smallest absolute Gasteiger partial charge is 0.328 e. The molecule has 0 radical (unpaired) electrons. The number of carboxylic acid groups (broad SMARTS) is 1. The molecule has 1 aromatic rings. The quantitative estimate of drug-likeness (QED) is 0.768. The van der Waals surface area contributed by atoms with E-state index < -0.39 is 12.0 Å². The second kappa shape index (κ2) is 4.17. The van der Waals surface area contributed by atoms with Gasteiger partial charge in [0.05, 0.1) is 0 Å². The van der Waals surface area contributed by atoms with Crippen LogP contribution in [0.4, 0.5) is 0 Å². The van der Waals surface area contributed by atoms with Crippen LogP contribution in [0.15, 0.2) is 0 Å². The van der Waals surface area contributed by atoms with Gasteiger partial charge in [0.1, 0.15) is 5.82 Å². The van der Waals surface area contributed by atoms with Crippen molar-refractivity contribution in [1.82, 2.24) is 20.2 Å². The summed E-state index contributed by atoms with van der Waals surface area (Å²) in [6.07, 6.45) is 0.529. The van der Waals surface area contributed by atoms with Crippen LogP contribution in [0.3, 0.4) is 0 Å². The van der Waals surface area contributed by atoms with E-state index in [9.17, 15) is 4.79 Å². The van der Waals surface area contributed by atoms with E-state index in [1.807, 2.05) is 13.8 Å². The van der Waals surface area contributed by atoms with Crippen LogP contribution in [0.25, 0.3) is 0 Å². The Morgan fingerprint density at radius 2 is 2.21 bits per heavy atom. The van der Waals surface area contributed by atoms with Crippen molar-refractivity contribution in [2.24, 2.45) is 5.92 Å². The molecular formula is C8H14N4O2. The van der Waals surface area contributed by atoms with Gasteiger partial charge in [0.25, 0.3) is 0 Å². The third-order valence-electron chi connectivity index (χ3n) is 1.93. The van der Waals surface area contributed by atoms with Crippen molar-refractivity contribution in [2.75, 3.05) is 0 Å². The van der Waals surface area contributed by atoms with Crippen LogP contribution in [-0.2, 0) is 4.79 Å². The van der Waals surface area contributed by atoms with Crippen LogP contribution in [0.5, 0.6) is 0 Å². The minimum atomic E-state index is -0.894. The zero-order valence-corrected chi connectivity index (χ0v) is 8.51. The lowest BCUT2D eigenvalue weighted by Crippen LogP contribution is -2.23. The summed E-state index contributed by atoms with van der Waals surface area (Å²) in [6, 6.07) is -0.662. The highest BCUT2D eigenvalue weighted by Gasteiger charge is 2.23. The van der Waals surface area contributed by atoms with Gasteiger partial charge in [0.15, 0.2) is 6.04 Å². The molecule has 78 valence electrons. The van der Waals surface area contributed by atoms with E-state index in [1.54, 1.807) is 6.92 Å². The normalized spacial score (nSPS) is 13.1. The van der Waals surface area contributed by atoms with Crippen molar-refractivity contribution in [2.45, 2.75) is 33.2 Å². The van der Waals surface area contributed by atoms with Crippen molar-refractivity contribution >= 4 is 5.97 Å². The fraction of sp³-hybridized carbons (Fsp3) is 0.750. The average Bonchev–Trinajstić information content (AvgIpc) is 2.46. The van der Waals surface area contributed by atoms with E-state index in [-0.39, 0.29) is 0 Å². The van der Waals surface area contributed by atoms with Crippen molar-refractivity contribution in [3.63, 3.8) is 0 Å². The summed E-state index contributed by atoms with van der Waals surface area (Å²) in [7, 11) is 0. The first-order valence-corrected chi connectivity index (χ1v) is 4.49. The van der Waals surface area contributed by atoms with Crippen LogP contribution < -0.4 is 0 Å². The summed E-state index contributed by atoms with van der Waals surface area (Å²) in [6.45, 7) is 5.63.